The average Bonchev–Trinajstić information content (AvgIpc) is 2.67. The molecule has 1 heterocycles. The summed E-state index contributed by atoms with van der Waals surface area (Å²) in [6.45, 7) is 1.73. The Kier molecular flexibility index (Phi) is 5.72. The number of nitrogens with zero attached hydrogens (tertiary/aromatic N) is 2. The van der Waals surface area contributed by atoms with Crippen molar-refractivity contribution in [3.05, 3.63) is 54.1 Å². The summed E-state index contributed by atoms with van der Waals surface area (Å²) in [5.74, 6) is -0.177. The largest absolute Gasteiger partial charge is 0.393 e. The van der Waals surface area contributed by atoms with Gasteiger partial charge in [-0.15, -0.1) is 0 Å². The highest BCUT2D eigenvalue weighted by atomic mass is 16.3. The first kappa shape index (κ1) is 17.8. The minimum atomic E-state index is -0.221. The molecular weight excluding hydrogens is 328 g/mol. The van der Waals surface area contributed by atoms with Gasteiger partial charge in [-0.25, -0.2) is 0 Å². The number of aliphatic hydroxyl groups excluding tert-OH is 1. The van der Waals surface area contributed by atoms with E-state index in [-0.39, 0.29) is 18.6 Å². The van der Waals surface area contributed by atoms with E-state index in [0.29, 0.717) is 11.3 Å². The lowest BCUT2D eigenvalue weighted by Crippen LogP contribution is -2.36. The fraction of sp³-hybridized carbons (Fsp3) is 0.300. The number of anilines is 3. The summed E-state index contributed by atoms with van der Waals surface area (Å²) in [7, 11) is 0. The van der Waals surface area contributed by atoms with Crippen LogP contribution in [0.4, 0.5) is 17.1 Å². The number of nitrogens with one attached hydrogen (secondary N) is 2. The van der Waals surface area contributed by atoms with Gasteiger partial charge in [-0.05, 0) is 43.2 Å². The second kappa shape index (κ2) is 8.37. The number of piperidine rings is 1. The second-order valence-corrected chi connectivity index (χ2v) is 6.33. The van der Waals surface area contributed by atoms with Gasteiger partial charge >= 0.3 is 0 Å². The zero-order valence-electron chi connectivity index (χ0n) is 14.5. The van der Waals surface area contributed by atoms with E-state index in [0.717, 1.165) is 37.3 Å². The molecule has 1 amide bonds. The standard InChI is InChI=1S/C20H22N4O2/c21-13-15-4-3-5-16(12-15)23-20(26)14-22-18-6-1-2-7-19(18)24-10-8-17(25)9-11-24/h1-7,12,17,22,25H,8-11,14H2,(H,23,26). The molecule has 2 aromatic rings. The lowest BCUT2D eigenvalue weighted by Gasteiger charge is -2.32. The van der Waals surface area contributed by atoms with E-state index in [9.17, 15) is 9.90 Å². The Balaban J connectivity index is 1.61. The summed E-state index contributed by atoms with van der Waals surface area (Å²) < 4.78 is 0. The van der Waals surface area contributed by atoms with Crippen LogP contribution in [0, 0.1) is 11.3 Å². The van der Waals surface area contributed by atoms with Crippen molar-refractivity contribution in [3.63, 3.8) is 0 Å². The minimum absolute atomic E-state index is 0.129. The average molecular weight is 350 g/mol. The molecule has 0 unspecified atom stereocenters. The van der Waals surface area contributed by atoms with Gasteiger partial charge in [-0.3, -0.25) is 4.79 Å². The molecule has 26 heavy (non-hydrogen) atoms. The third-order valence-corrected chi connectivity index (χ3v) is 4.42. The number of carbonyl (C=O) groups is 1. The Morgan fingerprint density at radius 3 is 2.73 bits per heavy atom. The Labute approximate surface area is 153 Å². The molecule has 1 aliphatic rings. The highest BCUT2D eigenvalue weighted by Gasteiger charge is 2.19. The maximum Gasteiger partial charge on any atom is 0.243 e. The van der Waals surface area contributed by atoms with Gasteiger partial charge in [0, 0.05) is 18.8 Å². The maximum absolute atomic E-state index is 12.2. The van der Waals surface area contributed by atoms with Crippen molar-refractivity contribution in [1.82, 2.24) is 0 Å². The molecule has 1 fully saturated rings. The predicted molar refractivity (Wildman–Crippen MR) is 102 cm³/mol. The maximum atomic E-state index is 12.2. The van der Waals surface area contributed by atoms with Crippen LogP contribution in [0.1, 0.15) is 18.4 Å². The number of aliphatic hydroxyl groups is 1. The summed E-state index contributed by atoms with van der Waals surface area (Å²) in [6.07, 6.45) is 1.29. The Morgan fingerprint density at radius 1 is 1.19 bits per heavy atom. The SMILES string of the molecule is N#Cc1cccc(NC(=O)CNc2ccccc2N2CCC(O)CC2)c1. The van der Waals surface area contributed by atoms with Crippen LogP contribution in [0.15, 0.2) is 48.5 Å². The molecule has 0 bridgehead atoms. The van der Waals surface area contributed by atoms with Gasteiger partial charge in [0.05, 0.1) is 35.7 Å². The van der Waals surface area contributed by atoms with Crippen molar-refractivity contribution in [3.8, 4) is 6.07 Å². The van der Waals surface area contributed by atoms with Gasteiger partial charge in [-0.1, -0.05) is 18.2 Å². The molecule has 0 atom stereocenters. The zero-order valence-corrected chi connectivity index (χ0v) is 14.5. The third kappa shape index (κ3) is 4.52. The van der Waals surface area contributed by atoms with E-state index in [1.54, 1.807) is 24.3 Å². The van der Waals surface area contributed by atoms with E-state index in [4.69, 9.17) is 5.26 Å². The van der Waals surface area contributed by atoms with Crippen molar-refractivity contribution in [2.24, 2.45) is 0 Å². The monoisotopic (exact) mass is 350 g/mol. The van der Waals surface area contributed by atoms with E-state index in [1.165, 1.54) is 0 Å². The normalized spacial score (nSPS) is 14.5. The van der Waals surface area contributed by atoms with Crippen molar-refractivity contribution in [2.75, 3.05) is 35.2 Å². The number of hydrogen-bond donors (Lipinski definition) is 3. The number of nitriles is 1. The van der Waals surface area contributed by atoms with E-state index < -0.39 is 0 Å². The quantitative estimate of drug-likeness (QED) is 0.771. The van der Waals surface area contributed by atoms with E-state index >= 15 is 0 Å². The molecule has 6 nitrogen and oxygen atoms in total. The fourth-order valence-corrected chi connectivity index (χ4v) is 3.05. The Hall–Kier alpha value is -3.04. The van der Waals surface area contributed by atoms with Crippen LogP contribution < -0.4 is 15.5 Å². The predicted octanol–water partition coefficient (Wildman–Crippen LogP) is 2.57. The molecule has 3 N–H and O–H groups in total. The van der Waals surface area contributed by atoms with Crippen LogP contribution in [0.25, 0.3) is 0 Å². The Bertz CT molecular complexity index is 807. The lowest BCUT2D eigenvalue weighted by molar-refractivity contribution is -0.114. The first-order valence-corrected chi connectivity index (χ1v) is 8.71. The van der Waals surface area contributed by atoms with Gasteiger partial charge in [0.1, 0.15) is 0 Å². The second-order valence-electron chi connectivity index (χ2n) is 6.33. The van der Waals surface area contributed by atoms with Crippen LogP contribution in [0.2, 0.25) is 0 Å². The Morgan fingerprint density at radius 2 is 1.96 bits per heavy atom. The fourth-order valence-electron chi connectivity index (χ4n) is 3.05. The summed E-state index contributed by atoms with van der Waals surface area (Å²) in [5.41, 5.74) is 3.05. The molecule has 1 aliphatic heterocycles. The van der Waals surface area contributed by atoms with Crippen molar-refractivity contribution in [2.45, 2.75) is 18.9 Å². The zero-order chi connectivity index (χ0) is 18.4. The summed E-state index contributed by atoms with van der Waals surface area (Å²) >= 11 is 0. The lowest BCUT2D eigenvalue weighted by atomic mass is 10.1. The van der Waals surface area contributed by atoms with Gasteiger partial charge in [0.25, 0.3) is 0 Å². The van der Waals surface area contributed by atoms with Crippen molar-refractivity contribution in [1.29, 1.82) is 5.26 Å². The molecule has 3 rings (SSSR count). The van der Waals surface area contributed by atoms with Crippen LogP contribution in [0.3, 0.4) is 0 Å². The number of hydrogen-bond acceptors (Lipinski definition) is 5. The van der Waals surface area contributed by atoms with Crippen LogP contribution in [-0.4, -0.2) is 36.8 Å². The number of rotatable bonds is 5. The number of amides is 1. The molecule has 0 aliphatic carbocycles. The van der Waals surface area contributed by atoms with Crippen LogP contribution >= 0.6 is 0 Å². The molecule has 0 saturated carbocycles. The molecule has 134 valence electrons. The molecule has 1 saturated heterocycles. The van der Waals surface area contributed by atoms with E-state index in [1.807, 2.05) is 24.3 Å². The summed E-state index contributed by atoms with van der Waals surface area (Å²) in [6, 6.07) is 16.8. The molecule has 0 spiro atoms. The molecule has 2 aromatic carbocycles. The smallest absolute Gasteiger partial charge is 0.243 e. The highest BCUT2D eigenvalue weighted by Crippen LogP contribution is 2.28. The summed E-state index contributed by atoms with van der Waals surface area (Å²) in [4.78, 5) is 14.4. The van der Waals surface area contributed by atoms with Gasteiger partial charge in [0.2, 0.25) is 5.91 Å². The van der Waals surface area contributed by atoms with Crippen molar-refractivity contribution >= 4 is 23.0 Å². The number of benzene rings is 2. The van der Waals surface area contributed by atoms with E-state index in [2.05, 4.69) is 21.6 Å². The third-order valence-electron chi connectivity index (χ3n) is 4.42. The van der Waals surface area contributed by atoms with Crippen LogP contribution in [-0.2, 0) is 4.79 Å². The number of para-hydroxylation sites is 2. The first-order valence-electron chi connectivity index (χ1n) is 8.71. The van der Waals surface area contributed by atoms with Gasteiger partial charge in [-0.2, -0.15) is 5.26 Å². The highest BCUT2D eigenvalue weighted by molar-refractivity contribution is 5.94. The number of carbonyl (C=O) groups excluding carboxylic acids is 1. The molecule has 6 heteroatoms. The minimum Gasteiger partial charge on any atom is -0.393 e. The molecule has 0 aromatic heterocycles. The topological polar surface area (TPSA) is 88.4 Å². The van der Waals surface area contributed by atoms with Gasteiger partial charge < -0.3 is 20.6 Å². The van der Waals surface area contributed by atoms with Gasteiger partial charge in [0.15, 0.2) is 0 Å². The molecule has 0 radical (unpaired) electrons. The summed E-state index contributed by atoms with van der Waals surface area (Å²) in [5, 5.41) is 24.6. The van der Waals surface area contributed by atoms with Crippen molar-refractivity contribution < 1.29 is 9.90 Å². The molecular formula is C20H22N4O2. The van der Waals surface area contributed by atoms with Crippen LogP contribution in [0.5, 0.6) is 0 Å². The first-order chi connectivity index (χ1) is 12.7.